The molecular formula is C21H20N4S2. The minimum absolute atomic E-state index is 0.410. The lowest BCUT2D eigenvalue weighted by atomic mass is 10.2. The number of benzene rings is 1. The maximum absolute atomic E-state index is 4.51. The molecule has 0 spiro atoms. The number of hydrogen-bond donors (Lipinski definition) is 2. The summed E-state index contributed by atoms with van der Waals surface area (Å²) in [7, 11) is 0. The highest BCUT2D eigenvalue weighted by molar-refractivity contribution is 7.23. The SMILES string of the molecule is CCc1ncc(-c2cc3cc4sc(-c5cnc(C(C)C)[nH]5)cc4cc3s2)[nH]1. The van der Waals surface area contributed by atoms with Gasteiger partial charge in [-0.25, -0.2) is 9.97 Å². The third kappa shape index (κ3) is 2.89. The first kappa shape index (κ1) is 16.7. The normalized spacial score (nSPS) is 12.0. The first-order valence-electron chi connectivity index (χ1n) is 9.17. The van der Waals surface area contributed by atoms with Crippen molar-refractivity contribution in [3.05, 3.63) is 48.3 Å². The second-order valence-corrected chi connectivity index (χ2v) is 9.25. The van der Waals surface area contributed by atoms with Crippen LogP contribution < -0.4 is 0 Å². The Morgan fingerprint density at radius 3 is 1.96 bits per heavy atom. The summed E-state index contributed by atoms with van der Waals surface area (Å²) in [5, 5.41) is 2.58. The van der Waals surface area contributed by atoms with Crippen LogP contribution >= 0.6 is 22.7 Å². The summed E-state index contributed by atoms with van der Waals surface area (Å²) in [6.45, 7) is 6.42. The zero-order chi connectivity index (χ0) is 18.5. The maximum Gasteiger partial charge on any atom is 0.109 e. The smallest absolute Gasteiger partial charge is 0.109 e. The molecule has 0 aliphatic rings. The molecule has 2 N–H and O–H groups in total. The molecule has 0 aliphatic heterocycles. The molecule has 6 heteroatoms. The van der Waals surface area contributed by atoms with Gasteiger partial charge in [0.1, 0.15) is 11.6 Å². The van der Waals surface area contributed by atoms with Crippen LogP contribution in [0.15, 0.2) is 36.7 Å². The fraction of sp³-hybridized carbons (Fsp3) is 0.238. The van der Waals surface area contributed by atoms with E-state index in [9.17, 15) is 0 Å². The van der Waals surface area contributed by atoms with Crippen LogP contribution in [-0.2, 0) is 6.42 Å². The predicted molar refractivity (Wildman–Crippen MR) is 116 cm³/mol. The highest BCUT2D eigenvalue weighted by Gasteiger charge is 2.12. The Morgan fingerprint density at radius 2 is 1.44 bits per heavy atom. The van der Waals surface area contributed by atoms with Crippen molar-refractivity contribution in [1.29, 1.82) is 0 Å². The molecule has 5 rings (SSSR count). The average Bonchev–Trinajstić information content (AvgIpc) is 3.43. The molecule has 1 aromatic carbocycles. The number of H-pyrrole nitrogens is 2. The Balaban J connectivity index is 1.56. The van der Waals surface area contributed by atoms with Crippen LogP contribution in [-0.4, -0.2) is 19.9 Å². The predicted octanol–water partition coefficient (Wildman–Crippen LogP) is 6.58. The van der Waals surface area contributed by atoms with E-state index in [-0.39, 0.29) is 0 Å². The molecule has 136 valence electrons. The maximum atomic E-state index is 4.51. The van der Waals surface area contributed by atoms with Crippen molar-refractivity contribution in [3.8, 4) is 21.1 Å². The lowest BCUT2D eigenvalue weighted by Gasteiger charge is -1.97. The minimum Gasteiger partial charge on any atom is -0.341 e. The van der Waals surface area contributed by atoms with Gasteiger partial charge in [-0.2, -0.15) is 0 Å². The highest BCUT2D eigenvalue weighted by atomic mass is 32.1. The Kier molecular flexibility index (Phi) is 3.91. The summed E-state index contributed by atoms with van der Waals surface area (Å²) in [4.78, 5) is 18.3. The van der Waals surface area contributed by atoms with Crippen LogP contribution in [0.3, 0.4) is 0 Å². The molecule has 0 saturated carbocycles. The zero-order valence-electron chi connectivity index (χ0n) is 15.5. The molecule has 4 heterocycles. The van der Waals surface area contributed by atoms with Crippen molar-refractivity contribution < 1.29 is 0 Å². The van der Waals surface area contributed by atoms with Crippen molar-refractivity contribution in [2.45, 2.75) is 33.1 Å². The lowest BCUT2D eigenvalue weighted by molar-refractivity contribution is 0.795. The summed E-state index contributed by atoms with van der Waals surface area (Å²) in [5.74, 6) is 2.49. The van der Waals surface area contributed by atoms with Crippen molar-refractivity contribution in [3.63, 3.8) is 0 Å². The summed E-state index contributed by atoms with van der Waals surface area (Å²) in [6.07, 6.45) is 4.81. The van der Waals surface area contributed by atoms with Crippen molar-refractivity contribution >= 4 is 42.8 Å². The molecule has 0 amide bonds. The van der Waals surface area contributed by atoms with Crippen LogP contribution in [0.5, 0.6) is 0 Å². The first-order valence-corrected chi connectivity index (χ1v) is 10.8. The third-order valence-corrected chi connectivity index (χ3v) is 7.05. The van der Waals surface area contributed by atoms with Gasteiger partial charge in [0.05, 0.1) is 33.5 Å². The van der Waals surface area contributed by atoms with Crippen LogP contribution in [0.4, 0.5) is 0 Å². The molecule has 0 fully saturated rings. The van der Waals surface area contributed by atoms with Crippen molar-refractivity contribution in [2.24, 2.45) is 0 Å². The number of rotatable bonds is 4. The van der Waals surface area contributed by atoms with Crippen LogP contribution in [0, 0.1) is 0 Å². The fourth-order valence-corrected chi connectivity index (χ4v) is 5.38. The van der Waals surface area contributed by atoms with E-state index in [1.54, 1.807) is 0 Å². The van der Waals surface area contributed by atoms with E-state index in [0.717, 1.165) is 29.5 Å². The molecule has 0 bridgehead atoms. The Morgan fingerprint density at radius 1 is 0.852 bits per heavy atom. The number of hydrogen-bond acceptors (Lipinski definition) is 4. The summed E-state index contributed by atoms with van der Waals surface area (Å²) in [5.41, 5.74) is 2.21. The van der Waals surface area contributed by atoms with Gasteiger partial charge in [0, 0.05) is 21.7 Å². The van der Waals surface area contributed by atoms with E-state index in [4.69, 9.17) is 0 Å². The Hall–Kier alpha value is -2.44. The van der Waals surface area contributed by atoms with Gasteiger partial charge in [-0.3, -0.25) is 0 Å². The van der Waals surface area contributed by atoms with Gasteiger partial charge >= 0.3 is 0 Å². The summed E-state index contributed by atoms with van der Waals surface area (Å²) < 4.78 is 2.61. The number of aromatic nitrogens is 4. The van der Waals surface area contributed by atoms with Gasteiger partial charge < -0.3 is 9.97 Å². The van der Waals surface area contributed by atoms with Crippen molar-refractivity contribution in [1.82, 2.24) is 19.9 Å². The lowest BCUT2D eigenvalue weighted by Crippen LogP contribution is -1.88. The molecule has 0 saturated heterocycles. The molecule has 4 nitrogen and oxygen atoms in total. The number of aryl methyl sites for hydroxylation is 1. The molecule has 0 aliphatic carbocycles. The van der Waals surface area contributed by atoms with E-state index in [1.807, 2.05) is 35.1 Å². The average molecular weight is 393 g/mol. The van der Waals surface area contributed by atoms with E-state index < -0.39 is 0 Å². The van der Waals surface area contributed by atoms with Gasteiger partial charge in [0.25, 0.3) is 0 Å². The van der Waals surface area contributed by atoms with E-state index in [1.165, 1.54) is 29.9 Å². The van der Waals surface area contributed by atoms with Gasteiger partial charge in [0.2, 0.25) is 0 Å². The number of nitrogens with one attached hydrogen (secondary N) is 2. The minimum atomic E-state index is 0.410. The molecule has 0 unspecified atom stereocenters. The third-order valence-electron chi connectivity index (χ3n) is 4.79. The summed E-state index contributed by atoms with van der Waals surface area (Å²) in [6, 6.07) is 9.13. The fourth-order valence-electron chi connectivity index (χ4n) is 3.26. The van der Waals surface area contributed by atoms with Crippen LogP contribution in [0.1, 0.15) is 38.3 Å². The van der Waals surface area contributed by atoms with Gasteiger partial charge in [-0.1, -0.05) is 20.8 Å². The Bertz CT molecular complexity index is 1200. The van der Waals surface area contributed by atoms with E-state index >= 15 is 0 Å². The van der Waals surface area contributed by atoms with Gasteiger partial charge in [0.15, 0.2) is 0 Å². The van der Waals surface area contributed by atoms with Gasteiger partial charge in [-0.05, 0) is 35.0 Å². The first-order chi connectivity index (χ1) is 13.1. The number of nitrogens with zero attached hydrogens (tertiary/aromatic N) is 2. The Labute approximate surface area is 165 Å². The number of thiophene rings is 2. The number of fused-ring (bicyclic) bond motifs is 2. The topological polar surface area (TPSA) is 57.4 Å². The summed E-state index contributed by atoms with van der Waals surface area (Å²) >= 11 is 3.63. The molecule has 27 heavy (non-hydrogen) atoms. The molecule has 0 radical (unpaired) electrons. The zero-order valence-corrected chi connectivity index (χ0v) is 17.1. The molecule has 5 aromatic rings. The molecular weight excluding hydrogens is 372 g/mol. The molecule has 4 aromatic heterocycles. The van der Waals surface area contributed by atoms with E-state index in [2.05, 4.69) is 65.0 Å². The monoisotopic (exact) mass is 392 g/mol. The van der Waals surface area contributed by atoms with Gasteiger partial charge in [-0.15, -0.1) is 22.7 Å². The highest BCUT2D eigenvalue weighted by Crippen LogP contribution is 2.39. The second-order valence-electron chi connectivity index (χ2n) is 7.08. The van der Waals surface area contributed by atoms with Crippen LogP contribution in [0.25, 0.3) is 41.3 Å². The van der Waals surface area contributed by atoms with E-state index in [0.29, 0.717) is 5.92 Å². The molecule has 0 atom stereocenters. The number of aromatic amines is 2. The second kappa shape index (κ2) is 6.32. The van der Waals surface area contributed by atoms with Crippen LogP contribution in [0.2, 0.25) is 0 Å². The standard InChI is InChI=1S/C21H20N4S2/c1-4-20-22-9-14(24-20)18-7-12-5-17-13(6-16(12)26-18)8-19(27-17)15-10-23-21(25-15)11(2)3/h5-11H,4H2,1-3H3,(H,22,24)(H,23,25). The largest absolute Gasteiger partial charge is 0.341 e. The quantitative estimate of drug-likeness (QED) is 0.363. The van der Waals surface area contributed by atoms with Crippen molar-refractivity contribution in [2.75, 3.05) is 0 Å². The number of imidazole rings is 2.